The predicted molar refractivity (Wildman–Crippen MR) is 122 cm³/mol. The summed E-state index contributed by atoms with van der Waals surface area (Å²) in [5.74, 6) is -120. The van der Waals surface area contributed by atoms with Gasteiger partial charge in [0.05, 0.1) is 6.54 Å². The van der Waals surface area contributed by atoms with Gasteiger partial charge in [-0.15, -0.1) is 0 Å². The minimum atomic E-state index is -9.10. The third kappa shape index (κ3) is 8.99. The van der Waals surface area contributed by atoms with Gasteiger partial charge in [0.25, 0.3) is 0 Å². The maximum absolute atomic E-state index is 14.1. The van der Waals surface area contributed by atoms with E-state index in [0.29, 0.717) is 0 Å². The third-order valence-corrected chi connectivity index (χ3v) is 7.91. The molecule has 0 aliphatic rings. The number of hydrogen-bond acceptors (Lipinski definition) is 1. The fourth-order valence-corrected chi connectivity index (χ4v) is 4.28. The summed E-state index contributed by atoms with van der Waals surface area (Å²) in [6.07, 6.45) is -34.2. The highest BCUT2D eigenvalue weighted by atomic mass is 19.5. The zero-order valence-electron chi connectivity index (χ0n) is 27.9. The van der Waals surface area contributed by atoms with E-state index in [-0.39, 0.29) is 0 Å². The zero-order valence-corrected chi connectivity index (χ0v) is 27.9. The molecule has 0 aliphatic carbocycles. The Kier molecular flexibility index (Phi) is 15.4. The van der Waals surface area contributed by atoms with Crippen LogP contribution < -0.4 is 0 Å². The maximum Gasteiger partial charge on any atom is 0.460 e. The second-order valence-corrected chi connectivity index (χ2v) is 12.4. The molecule has 62 heavy (non-hydrogen) atoms. The molecule has 0 rings (SSSR count). The maximum atomic E-state index is 14.1. The van der Waals surface area contributed by atoms with Crippen molar-refractivity contribution in [1.29, 1.82) is 0 Å². The van der Waals surface area contributed by atoms with E-state index in [0.717, 1.165) is 0 Å². The first-order valence-corrected chi connectivity index (χ1v) is 14.5. The molecule has 0 amide bonds. The number of rotatable bonds is 21. The standard InChI is InChI=1S/C24H14F37N/c25-8(26,11(32,33)13(36,37)15(40,41)17(44,45)19(48,49)21(52,53)23(56,57)58)3-1-5-62(7-10(29,30)31)6-2-4-9(27,28)12(34,35)14(38,39)16(42,43)18(46,47)20(50,51)22(54,55)24(59,60)61/h1-7H2. The molecule has 0 aromatic heterocycles. The Morgan fingerprint density at radius 2 is 0.403 bits per heavy atom. The molecule has 374 valence electrons. The average molecular weight is 1020 g/mol. The van der Waals surface area contributed by atoms with Crippen LogP contribution in [0.25, 0.3) is 0 Å². The van der Waals surface area contributed by atoms with Crippen molar-refractivity contribution >= 4 is 0 Å². The number of halogens is 37. The highest BCUT2D eigenvalue weighted by Gasteiger charge is 2.96. The van der Waals surface area contributed by atoms with Crippen LogP contribution in [-0.4, -0.2) is 126 Å². The summed E-state index contributed by atoms with van der Waals surface area (Å²) in [6, 6.07) is 0. The predicted octanol–water partition coefficient (Wildman–Crippen LogP) is 13.4. The Morgan fingerprint density at radius 1 is 0.226 bits per heavy atom. The first-order chi connectivity index (χ1) is 26.3. The summed E-state index contributed by atoms with van der Waals surface area (Å²) in [6.45, 7) is -7.60. The molecule has 0 fully saturated rings. The summed E-state index contributed by atoms with van der Waals surface area (Å²) in [5.41, 5.74) is 0. The highest BCUT2D eigenvalue weighted by Crippen LogP contribution is 2.66. The van der Waals surface area contributed by atoms with Gasteiger partial charge in [-0.3, -0.25) is 4.90 Å². The quantitative estimate of drug-likeness (QED) is 0.104. The zero-order chi connectivity index (χ0) is 51.0. The molecule has 1 nitrogen and oxygen atoms in total. The lowest BCUT2D eigenvalue weighted by Gasteiger charge is -2.43. The Hall–Kier alpha value is -2.63. The van der Waals surface area contributed by atoms with Gasteiger partial charge in [0.1, 0.15) is 0 Å². The van der Waals surface area contributed by atoms with Crippen LogP contribution >= 0.6 is 0 Å². The van der Waals surface area contributed by atoms with Crippen LogP contribution in [0.15, 0.2) is 0 Å². The highest BCUT2D eigenvalue weighted by molar-refractivity contribution is 5.16. The van der Waals surface area contributed by atoms with Crippen LogP contribution in [0, 0.1) is 0 Å². The van der Waals surface area contributed by atoms with Crippen molar-refractivity contribution in [3.05, 3.63) is 0 Å². The number of alkyl halides is 37. The third-order valence-electron chi connectivity index (χ3n) is 7.91. The Balaban J connectivity index is 6.56. The van der Waals surface area contributed by atoms with Crippen molar-refractivity contribution < 1.29 is 162 Å². The molecular weight excluding hydrogens is 1010 g/mol. The van der Waals surface area contributed by atoms with Gasteiger partial charge in [-0.2, -0.15) is 162 Å². The monoisotopic (exact) mass is 1020 g/mol. The SMILES string of the molecule is FC(F)(F)CN(CCCC(F)(F)C(F)(F)C(F)(F)C(F)(F)C(F)(F)C(F)(F)C(F)(F)C(F)(F)F)CCCC(F)(F)C(F)(F)C(F)(F)C(F)(F)C(F)(F)C(F)(F)C(F)(F)C(F)(F)F. The Bertz CT molecular complexity index is 1400. The molecule has 0 unspecified atom stereocenters. The summed E-state index contributed by atoms with van der Waals surface area (Å²) in [4.78, 5) is -0.927. The van der Waals surface area contributed by atoms with Gasteiger partial charge in [-0.05, 0) is 25.9 Å². The largest absolute Gasteiger partial charge is 0.460 e. The molecule has 0 atom stereocenters. The van der Waals surface area contributed by atoms with E-state index >= 15 is 0 Å². The van der Waals surface area contributed by atoms with Crippen LogP contribution in [0.4, 0.5) is 162 Å². The van der Waals surface area contributed by atoms with E-state index in [1.807, 2.05) is 0 Å². The minimum Gasteiger partial charge on any atom is -0.295 e. The van der Waals surface area contributed by atoms with Crippen molar-refractivity contribution in [2.75, 3.05) is 19.6 Å². The van der Waals surface area contributed by atoms with Gasteiger partial charge in [0, 0.05) is 12.8 Å². The number of hydrogen-bond donors (Lipinski definition) is 0. The van der Waals surface area contributed by atoms with Gasteiger partial charge in [0.15, 0.2) is 0 Å². The Morgan fingerprint density at radius 3 is 0.581 bits per heavy atom. The molecule has 0 saturated carbocycles. The van der Waals surface area contributed by atoms with Crippen LogP contribution in [0.1, 0.15) is 25.7 Å². The fraction of sp³-hybridized carbons (Fsp3) is 1.00. The first-order valence-electron chi connectivity index (χ1n) is 14.5. The molecule has 0 saturated heterocycles. The molecule has 38 heteroatoms. The second-order valence-electron chi connectivity index (χ2n) is 12.4. The lowest BCUT2D eigenvalue weighted by Crippen LogP contribution is -2.74. The molecular formula is C24H14F37N. The van der Waals surface area contributed by atoms with E-state index in [2.05, 4.69) is 0 Å². The lowest BCUT2D eigenvalue weighted by molar-refractivity contribution is -0.461. The summed E-state index contributed by atoms with van der Waals surface area (Å²) < 4.78 is 493. The molecule has 0 aromatic rings. The van der Waals surface area contributed by atoms with E-state index in [1.165, 1.54) is 0 Å². The van der Waals surface area contributed by atoms with E-state index in [9.17, 15) is 162 Å². The smallest absolute Gasteiger partial charge is 0.295 e. The summed E-state index contributed by atoms with van der Waals surface area (Å²) in [7, 11) is 0. The van der Waals surface area contributed by atoms with Crippen molar-refractivity contribution in [2.45, 2.75) is 127 Å². The van der Waals surface area contributed by atoms with Crippen LogP contribution in [0.3, 0.4) is 0 Å². The lowest BCUT2D eigenvalue weighted by atomic mass is 9.88. The van der Waals surface area contributed by atoms with E-state index < -0.39 is 152 Å². The minimum absolute atomic E-state index is 0.927. The van der Waals surface area contributed by atoms with Crippen LogP contribution in [0.2, 0.25) is 0 Å². The van der Waals surface area contributed by atoms with E-state index in [1.54, 1.807) is 0 Å². The molecule has 0 aromatic carbocycles. The second kappa shape index (κ2) is 16.1. The molecule has 0 aliphatic heterocycles. The van der Waals surface area contributed by atoms with Gasteiger partial charge in [-0.25, -0.2) is 0 Å². The summed E-state index contributed by atoms with van der Waals surface area (Å²) >= 11 is 0. The topological polar surface area (TPSA) is 3.24 Å². The Labute approximate surface area is 315 Å². The normalized spacial score (nSPS) is 16.7. The van der Waals surface area contributed by atoms with Gasteiger partial charge < -0.3 is 0 Å². The van der Waals surface area contributed by atoms with Gasteiger partial charge >= 0.3 is 101 Å². The number of nitrogens with zero attached hydrogens (tertiary/aromatic N) is 1. The van der Waals surface area contributed by atoms with Crippen molar-refractivity contribution in [2.24, 2.45) is 0 Å². The first kappa shape index (κ1) is 59.4. The molecule has 0 bridgehead atoms. The molecule has 0 N–H and O–H groups in total. The molecule has 0 heterocycles. The average Bonchev–Trinajstić information content (AvgIpc) is 3.01. The van der Waals surface area contributed by atoms with Crippen molar-refractivity contribution in [3.63, 3.8) is 0 Å². The molecule has 0 spiro atoms. The fourth-order valence-electron chi connectivity index (χ4n) is 4.28. The molecule has 0 radical (unpaired) electrons. The van der Waals surface area contributed by atoms with Crippen LogP contribution in [0.5, 0.6) is 0 Å². The summed E-state index contributed by atoms with van der Waals surface area (Å²) in [5, 5.41) is 0. The van der Waals surface area contributed by atoms with Crippen molar-refractivity contribution in [1.82, 2.24) is 4.90 Å². The van der Waals surface area contributed by atoms with Gasteiger partial charge in [0.2, 0.25) is 0 Å². The van der Waals surface area contributed by atoms with Crippen molar-refractivity contribution in [3.8, 4) is 0 Å². The van der Waals surface area contributed by atoms with Crippen LogP contribution in [-0.2, 0) is 0 Å². The van der Waals surface area contributed by atoms with Gasteiger partial charge in [-0.1, -0.05) is 0 Å². The van der Waals surface area contributed by atoms with E-state index in [4.69, 9.17) is 0 Å².